The topological polar surface area (TPSA) is 30.1 Å². The minimum Gasteiger partial charge on any atom is -0.456 e. The number of aromatic nitrogens is 1. The second-order valence-corrected chi connectivity index (χ2v) is 25.5. The summed E-state index contributed by atoms with van der Waals surface area (Å²) < 4.78 is 11.8. The van der Waals surface area contributed by atoms with E-state index >= 15 is 0 Å². The van der Waals surface area contributed by atoms with Crippen molar-refractivity contribution >= 4 is 94.1 Å². The summed E-state index contributed by atoms with van der Waals surface area (Å²) in [7, 11) is 2.51. The normalized spacial score (nSPS) is 16.6. The number of rotatable bonds is 3. The number of nitrogens with zero attached hydrogens (tertiary/aromatic N) is 1. The van der Waals surface area contributed by atoms with Crippen molar-refractivity contribution in [3.63, 3.8) is 0 Å². The van der Waals surface area contributed by atoms with Gasteiger partial charge in [-0.1, -0.05) is 138 Å². The lowest BCUT2D eigenvalue weighted by atomic mass is 9.62. The summed E-state index contributed by atoms with van der Waals surface area (Å²) in [6.07, 6.45) is 2.39. The summed E-state index contributed by atoms with van der Waals surface area (Å²) in [6, 6.07) is 44.5. The molecule has 0 saturated carbocycles. The quantitative estimate of drug-likeness (QED) is 0.179. The molecule has 5 heteroatoms. The Kier molecular flexibility index (Phi) is 8.42. The molecule has 0 bridgehead atoms. The fourth-order valence-corrected chi connectivity index (χ4v) is 13.5. The van der Waals surface area contributed by atoms with Crippen LogP contribution in [-0.2, 0) is 27.1 Å². The lowest BCUT2D eigenvalue weighted by Gasteiger charge is -2.42. The van der Waals surface area contributed by atoms with Crippen molar-refractivity contribution in [1.82, 2.24) is 4.57 Å². The van der Waals surface area contributed by atoms with E-state index in [1.54, 1.807) is 0 Å². The first kappa shape index (κ1) is 42.1. The first-order valence-corrected chi connectivity index (χ1v) is 25.6. The van der Waals surface area contributed by atoms with Gasteiger partial charge in [-0.2, -0.15) is 0 Å². The van der Waals surface area contributed by atoms with Crippen molar-refractivity contribution in [2.24, 2.45) is 0 Å². The lowest BCUT2D eigenvalue weighted by molar-refractivity contribution is 0.331. The molecule has 0 unspecified atom stereocenters. The Labute approximate surface area is 405 Å². The van der Waals surface area contributed by atoms with Crippen LogP contribution in [0.2, 0.25) is 0 Å². The smallest absolute Gasteiger partial charge is 0.211 e. The Bertz CT molecular complexity index is 3840. The number of para-hydroxylation sites is 1. The fraction of sp³-hybridized carbons (Fsp3) is 0.302. The fourth-order valence-electron chi connectivity index (χ4n) is 12.4. The first-order valence-electron chi connectivity index (χ1n) is 24.8. The van der Waals surface area contributed by atoms with E-state index in [0.717, 1.165) is 33.3 Å². The average Bonchev–Trinajstić information content (AvgIpc) is 4.00. The number of fused-ring (bicyclic) bond motifs is 14. The third-order valence-electron chi connectivity index (χ3n) is 16.6. The van der Waals surface area contributed by atoms with E-state index in [2.05, 4.69) is 216 Å². The molecule has 2 aliphatic carbocycles. The Balaban J connectivity index is 1.11. The number of thiophene rings is 1. The van der Waals surface area contributed by atoms with Crippen molar-refractivity contribution in [3.8, 4) is 27.9 Å². The molecule has 68 heavy (non-hydrogen) atoms. The highest BCUT2D eigenvalue weighted by atomic mass is 32.1. The minimum atomic E-state index is -0.182. The van der Waals surface area contributed by atoms with Gasteiger partial charge in [0.05, 0.1) is 11.2 Å². The van der Waals surface area contributed by atoms with Gasteiger partial charge in [-0.25, -0.2) is 0 Å². The van der Waals surface area contributed by atoms with Crippen LogP contribution in [-0.4, -0.2) is 11.8 Å². The molecule has 0 saturated heterocycles. The maximum atomic E-state index is 6.59. The number of hydrogen-bond donors (Lipinski definition) is 1. The maximum absolute atomic E-state index is 6.59. The highest BCUT2D eigenvalue weighted by Gasteiger charge is 2.43. The number of nitrogens with one attached hydrogen (secondary N) is 1. The van der Waals surface area contributed by atoms with E-state index in [-0.39, 0.29) is 27.1 Å². The van der Waals surface area contributed by atoms with Crippen molar-refractivity contribution < 1.29 is 4.42 Å². The van der Waals surface area contributed by atoms with Crippen LogP contribution in [0.5, 0.6) is 0 Å². The third kappa shape index (κ3) is 5.90. The summed E-state index contributed by atoms with van der Waals surface area (Å²) in [5.41, 5.74) is 22.9. The van der Waals surface area contributed by atoms with Crippen LogP contribution < -0.4 is 15.6 Å². The van der Waals surface area contributed by atoms with Crippen LogP contribution in [0.15, 0.2) is 120 Å². The van der Waals surface area contributed by atoms with E-state index in [1.165, 1.54) is 116 Å². The molecule has 0 fully saturated rings. The Hall–Kier alpha value is -6.04. The minimum absolute atomic E-state index is 0.0187. The first-order chi connectivity index (χ1) is 32.2. The van der Waals surface area contributed by atoms with Gasteiger partial charge < -0.3 is 14.3 Å². The van der Waals surface area contributed by atoms with Gasteiger partial charge in [-0.3, -0.25) is 0 Å². The van der Waals surface area contributed by atoms with E-state index in [0.29, 0.717) is 0 Å². The number of furan rings is 1. The molecule has 3 nitrogen and oxygen atoms in total. The van der Waals surface area contributed by atoms with Gasteiger partial charge in [0.25, 0.3) is 0 Å². The van der Waals surface area contributed by atoms with E-state index in [4.69, 9.17) is 4.42 Å². The average molecular weight is 904 g/mol. The third-order valence-corrected chi connectivity index (χ3v) is 17.7. The van der Waals surface area contributed by atoms with Gasteiger partial charge in [0.2, 0.25) is 7.28 Å². The molecule has 1 N–H and O–H groups in total. The SMILES string of the molecule is CC(C)(C)c1ccc(Nc2cc3c(cc2-c2ccc4c5cc6oc7ccccc7c6cc5n5c4c2[B]c2sc4ccc(C(C)(C)C)cc4c2-5)-c2cc4c(cc2C3(C)C)C(C)(C)CCC4(C)C)cc1. The molecule has 4 heterocycles. The van der Waals surface area contributed by atoms with Crippen molar-refractivity contribution in [2.45, 2.75) is 123 Å². The van der Waals surface area contributed by atoms with Crippen molar-refractivity contribution in [1.29, 1.82) is 0 Å². The standard InChI is InChI=1S/C63H60BN2OS/c1-59(2,3)34-17-20-36(21-18-34)65-50-33-47-40(41-29-48-49(32-46(41)63(47,11)12)62(9,10)26-25-61(48,7)8)28-42(50)38-22-23-39-43-31-53-44(37-15-13-14-16-52(37)67-53)30-51(43)66-56(39)55(38)64-58-57(66)45-27-35(60(4,5)6)19-24-54(45)68-58/h13-24,27-33,65H,25-26H2,1-12H3. The number of benzene rings is 7. The van der Waals surface area contributed by atoms with Crippen LogP contribution >= 0.6 is 11.3 Å². The molecule has 337 valence electrons. The molecule has 0 spiro atoms. The Morgan fingerprint density at radius 2 is 1.24 bits per heavy atom. The van der Waals surface area contributed by atoms with Crippen molar-refractivity contribution in [3.05, 3.63) is 149 Å². The van der Waals surface area contributed by atoms with E-state index in [1.807, 2.05) is 11.3 Å². The van der Waals surface area contributed by atoms with Crippen LogP contribution in [0.4, 0.5) is 11.4 Å². The molecule has 1 aliphatic heterocycles. The molecule has 13 rings (SSSR count). The largest absolute Gasteiger partial charge is 0.456 e. The number of hydrogen-bond acceptors (Lipinski definition) is 3. The summed E-state index contributed by atoms with van der Waals surface area (Å²) in [4.78, 5) is 0. The predicted molar refractivity (Wildman–Crippen MR) is 294 cm³/mol. The van der Waals surface area contributed by atoms with Crippen molar-refractivity contribution in [2.75, 3.05) is 5.32 Å². The second kappa shape index (κ2) is 13.6. The number of anilines is 2. The summed E-state index contributed by atoms with van der Waals surface area (Å²) in [5.74, 6) is 0. The van der Waals surface area contributed by atoms with Gasteiger partial charge in [0.15, 0.2) is 0 Å². The lowest BCUT2D eigenvalue weighted by Crippen LogP contribution is -2.35. The summed E-state index contributed by atoms with van der Waals surface area (Å²) >= 11 is 1.91. The molecule has 3 aliphatic rings. The van der Waals surface area contributed by atoms with Gasteiger partial charge >= 0.3 is 0 Å². The Morgan fingerprint density at radius 3 is 1.97 bits per heavy atom. The van der Waals surface area contributed by atoms with Gasteiger partial charge in [-0.05, 0) is 155 Å². The summed E-state index contributed by atoms with van der Waals surface area (Å²) in [5, 5.41) is 10.1. The van der Waals surface area contributed by atoms with Gasteiger partial charge in [0.1, 0.15) is 11.2 Å². The molecule has 0 atom stereocenters. The van der Waals surface area contributed by atoms with Gasteiger partial charge in [0, 0.05) is 59.5 Å². The zero-order valence-electron chi connectivity index (χ0n) is 41.7. The summed E-state index contributed by atoms with van der Waals surface area (Å²) in [6.45, 7) is 28.5. The monoisotopic (exact) mass is 903 g/mol. The second-order valence-electron chi connectivity index (χ2n) is 24.4. The zero-order chi connectivity index (χ0) is 47.2. The molecular formula is C63H60BN2OS. The van der Waals surface area contributed by atoms with Crippen LogP contribution in [0.1, 0.15) is 129 Å². The highest BCUT2D eigenvalue weighted by molar-refractivity contribution is 7.29. The molecule has 7 aromatic carbocycles. The molecular weight excluding hydrogens is 844 g/mol. The maximum Gasteiger partial charge on any atom is 0.211 e. The van der Waals surface area contributed by atoms with Gasteiger partial charge in [-0.15, -0.1) is 11.3 Å². The Morgan fingerprint density at radius 1 is 0.559 bits per heavy atom. The molecule has 0 amide bonds. The molecule has 1 radical (unpaired) electrons. The predicted octanol–water partition coefficient (Wildman–Crippen LogP) is 16.5. The van der Waals surface area contributed by atoms with Crippen LogP contribution in [0.3, 0.4) is 0 Å². The molecule has 3 aromatic heterocycles. The van der Waals surface area contributed by atoms with Crippen LogP contribution in [0.25, 0.3) is 81.8 Å². The molecule has 10 aromatic rings. The highest BCUT2D eigenvalue weighted by Crippen LogP contribution is 2.56. The zero-order valence-corrected chi connectivity index (χ0v) is 42.5. The van der Waals surface area contributed by atoms with Crippen LogP contribution in [0, 0.1) is 0 Å². The van der Waals surface area contributed by atoms with E-state index in [9.17, 15) is 0 Å². The van der Waals surface area contributed by atoms with E-state index < -0.39 is 0 Å².